The number of nitrogens with zero attached hydrogens (tertiary/aromatic N) is 4. The van der Waals surface area contributed by atoms with Gasteiger partial charge in [-0.3, -0.25) is 19.5 Å². The number of aliphatic hydroxyl groups excluding tert-OH is 1. The second-order valence-electron chi connectivity index (χ2n) is 9.07. The Labute approximate surface area is 237 Å². The van der Waals surface area contributed by atoms with E-state index in [0.29, 0.717) is 32.4 Å². The summed E-state index contributed by atoms with van der Waals surface area (Å²) in [5.74, 6) is -0.938. The lowest BCUT2D eigenvalue weighted by Gasteiger charge is -2.23. The topological polar surface area (TPSA) is 119 Å². The Morgan fingerprint density at radius 2 is 1.98 bits per heavy atom. The number of amides is 1. The molecule has 1 N–H and O–H groups in total. The largest absolute Gasteiger partial charge is 0.503 e. The summed E-state index contributed by atoms with van der Waals surface area (Å²) >= 11 is 2.70. The van der Waals surface area contributed by atoms with Gasteiger partial charge in [-0.1, -0.05) is 71.1 Å². The lowest BCUT2D eigenvalue weighted by atomic mass is 9.96. The Kier molecular flexibility index (Phi) is 6.82. The van der Waals surface area contributed by atoms with Gasteiger partial charge in [-0.15, -0.1) is 10.2 Å². The minimum atomic E-state index is -0.980. The summed E-state index contributed by atoms with van der Waals surface area (Å²) in [6, 6.07) is 17.5. The first-order valence-corrected chi connectivity index (χ1v) is 14.0. The summed E-state index contributed by atoms with van der Waals surface area (Å²) in [7, 11) is 1.51. The van der Waals surface area contributed by atoms with Gasteiger partial charge in [0.1, 0.15) is 0 Å². The van der Waals surface area contributed by atoms with Crippen molar-refractivity contribution in [2.24, 2.45) is 0 Å². The quantitative estimate of drug-likeness (QED) is 0.135. The predicted octanol–water partition coefficient (Wildman–Crippen LogP) is 6.07. The van der Waals surface area contributed by atoms with Gasteiger partial charge in [0.15, 0.2) is 27.2 Å². The third-order valence-electron chi connectivity index (χ3n) is 6.49. The number of ether oxygens (including phenoxy) is 1. The number of aryl methyl sites for hydroxylation is 1. The van der Waals surface area contributed by atoms with E-state index in [-0.39, 0.29) is 16.5 Å². The average molecular weight is 571 g/mol. The molecule has 200 valence electrons. The van der Waals surface area contributed by atoms with Gasteiger partial charge in [0, 0.05) is 23.5 Å². The van der Waals surface area contributed by atoms with Gasteiger partial charge in [-0.2, -0.15) is 0 Å². The van der Waals surface area contributed by atoms with E-state index >= 15 is 0 Å². The Hall–Kier alpha value is -4.48. The number of aromatic nitrogens is 3. The lowest BCUT2D eigenvalue weighted by molar-refractivity contribution is -0.117. The molecule has 0 radical (unpaired) electrons. The fourth-order valence-corrected chi connectivity index (χ4v) is 6.34. The number of rotatable bonds is 8. The van der Waals surface area contributed by atoms with Gasteiger partial charge < -0.3 is 14.3 Å². The van der Waals surface area contributed by atoms with Crippen LogP contribution in [0.3, 0.4) is 0 Å². The molecule has 1 amide bonds. The van der Waals surface area contributed by atoms with Gasteiger partial charge in [-0.05, 0) is 36.2 Å². The molecule has 0 bridgehead atoms. The standard InChI is InChI=1S/C29H22N4O5S2/c1-16-8-10-17(11-9-16)15-39-29-32-31-28(40-29)33-23(19-6-4-12-30-14-19)22(25(35)27(33)36)24(34)21-13-18-5-3-7-20(37-2)26(18)38-21/h3-14,23,35H,15H2,1-2H3. The van der Waals surface area contributed by atoms with E-state index in [1.807, 2.05) is 19.1 Å². The number of anilines is 1. The number of methoxy groups -OCH3 is 1. The first-order valence-electron chi connectivity index (χ1n) is 12.2. The number of fused-ring (bicyclic) bond motifs is 1. The van der Waals surface area contributed by atoms with E-state index < -0.39 is 23.5 Å². The fraction of sp³-hybridized carbons (Fsp3) is 0.138. The number of aliphatic hydroxyl groups is 1. The normalized spacial score (nSPS) is 15.3. The number of thioether (sulfide) groups is 1. The van der Waals surface area contributed by atoms with Gasteiger partial charge in [-0.25, -0.2) is 0 Å². The number of furan rings is 1. The highest BCUT2D eigenvalue weighted by Gasteiger charge is 2.47. The molecule has 11 heteroatoms. The van der Waals surface area contributed by atoms with Crippen LogP contribution in [-0.2, 0) is 10.5 Å². The second kappa shape index (κ2) is 10.6. The maximum Gasteiger partial charge on any atom is 0.296 e. The van der Waals surface area contributed by atoms with Crippen LogP contribution in [0.25, 0.3) is 11.0 Å². The Morgan fingerprint density at radius 3 is 2.73 bits per heavy atom. The number of carbonyl (C=O) groups excluding carboxylic acids is 2. The van der Waals surface area contributed by atoms with E-state index in [9.17, 15) is 14.7 Å². The Balaban J connectivity index is 1.35. The highest BCUT2D eigenvalue weighted by Crippen LogP contribution is 2.44. The van der Waals surface area contributed by atoms with Gasteiger partial charge >= 0.3 is 0 Å². The first kappa shape index (κ1) is 25.8. The number of para-hydroxylation sites is 1. The van der Waals surface area contributed by atoms with Crippen LogP contribution in [0.15, 0.2) is 93.1 Å². The van der Waals surface area contributed by atoms with Crippen LogP contribution in [0.4, 0.5) is 5.13 Å². The number of Topliss-reactive ketones (excluding diaryl/α,β-unsaturated/α-hetero) is 1. The zero-order valence-electron chi connectivity index (χ0n) is 21.4. The maximum atomic E-state index is 13.8. The highest BCUT2D eigenvalue weighted by molar-refractivity contribution is 8.00. The summed E-state index contributed by atoms with van der Waals surface area (Å²) in [6.45, 7) is 2.03. The van der Waals surface area contributed by atoms with Crippen molar-refractivity contribution in [2.75, 3.05) is 12.0 Å². The number of carbonyl (C=O) groups is 2. The molecule has 9 nitrogen and oxygen atoms in total. The second-order valence-corrected chi connectivity index (χ2v) is 11.2. The lowest BCUT2D eigenvalue weighted by Crippen LogP contribution is -2.31. The first-order chi connectivity index (χ1) is 19.4. The van der Waals surface area contributed by atoms with Gasteiger partial charge in [0.25, 0.3) is 5.91 Å². The van der Waals surface area contributed by atoms with E-state index in [2.05, 4.69) is 27.3 Å². The monoisotopic (exact) mass is 570 g/mol. The maximum absolute atomic E-state index is 13.8. The number of hydrogen-bond acceptors (Lipinski definition) is 10. The zero-order valence-corrected chi connectivity index (χ0v) is 23.0. The molecule has 4 heterocycles. The smallest absolute Gasteiger partial charge is 0.296 e. The molecule has 1 atom stereocenters. The van der Waals surface area contributed by atoms with Crippen molar-refractivity contribution in [3.8, 4) is 5.75 Å². The molecule has 0 fully saturated rings. The van der Waals surface area contributed by atoms with Crippen LogP contribution in [-0.4, -0.2) is 39.1 Å². The average Bonchev–Trinajstić information content (AvgIpc) is 3.69. The summed E-state index contributed by atoms with van der Waals surface area (Å²) in [4.78, 5) is 32.8. The van der Waals surface area contributed by atoms with Crippen molar-refractivity contribution in [1.29, 1.82) is 0 Å². The fourth-order valence-electron chi connectivity index (χ4n) is 4.52. The molecule has 1 aliphatic rings. The van der Waals surface area contributed by atoms with E-state index in [0.717, 1.165) is 5.56 Å². The molecular formula is C29H22N4O5S2. The molecule has 1 aliphatic heterocycles. The molecule has 40 heavy (non-hydrogen) atoms. The molecule has 3 aromatic heterocycles. The molecule has 6 rings (SSSR count). The minimum Gasteiger partial charge on any atom is -0.503 e. The molecule has 1 unspecified atom stereocenters. The molecule has 0 spiro atoms. The molecule has 0 saturated heterocycles. The van der Waals surface area contributed by atoms with Crippen LogP contribution in [0, 0.1) is 6.92 Å². The molecule has 0 saturated carbocycles. The number of hydrogen-bond donors (Lipinski definition) is 1. The third-order valence-corrected chi connectivity index (χ3v) is 8.62. The van der Waals surface area contributed by atoms with Crippen LogP contribution < -0.4 is 9.64 Å². The van der Waals surface area contributed by atoms with E-state index in [1.165, 1.54) is 40.7 Å². The van der Waals surface area contributed by atoms with Crippen molar-refractivity contribution < 1.29 is 23.8 Å². The Morgan fingerprint density at radius 1 is 1.15 bits per heavy atom. The van der Waals surface area contributed by atoms with Crippen LogP contribution in [0.2, 0.25) is 0 Å². The van der Waals surface area contributed by atoms with E-state index in [1.54, 1.807) is 48.8 Å². The summed E-state index contributed by atoms with van der Waals surface area (Å²) in [5, 5.41) is 20.5. The van der Waals surface area contributed by atoms with Gasteiger partial charge in [0.05, 0.1) is 18.7 Å². The van der Waals surface area contributed by atoms with Crippen LogP contribution in [0.5, 0.6) is 5.75 Å². The van der Waals surface area contributed by atoms with Crippen LogP contribution >= 0.6 is 23.1 Å². The SMILES string of the molecule is COc1cccc2cc(C(=O)C3=C(O)C(=O)N(c4nnc(SCc5ccc(C)cc5)s4)C3c3cccnc3)oc12. The minimum absolute atomic E-state index is 0.0313. The summed E-state index contributed by atoms with van der Waals surface area (Å²) < 4.78 is 11.9. The van der Waals surface area contributed by atoms with Crippen molar-refractivity contribution >= 4 is 50.9 Å². The number of ketones is 1. The number of pyridine rings is 1. The number of benzene rings is 2. The van der Waals surface area contributed by atoms with Crippen molar-refractivity contribution in [3.63, 3.8) is 0 Å². The molecule has 2 aromatic carbocycles. The van der Waals surface area contributed by atoms with E-state index in [4.69, 9.17) is 9.15 Å². The molecule has 5 aromatic rings. The van der Waals surface area contributed by atoms with Crippen molar-refractivity contribution in [1.82, 2.24) is 15.2 Å². The summed E-state index contributed by atoms with van der Waals surface area (Å²) in [5.41, 5.74) is 3.11. The van der Waals surface area contributed by atoms with Crippen LogP contribution in [0.1, 0.15) is 33.3 Å². The zero-order chi connectivity index (χ0) is 27.8. The summed E-state index contributed by atoms with van der Waals surface area (Å²) in [6.07, 6.45) is 3.14. The molecule has 0 aliphatic carbocycles. The third kappa shape index (κ3) is 4.63. The Bertz CT molecular complexity index is 1760. The predicted molar refractivity (Wildman–Crippen MR) is 152 cm³/mol. The van der Waals surface area contributed by atoms with Crippen molar-refractivity contribution in [3.05, 3.63) is 107 Å². The molecular weight excluding hydrogens is 548 g/mol. The van der Waals surface area contributed by atoms with Crippen molar-refractivity contribution in [2.45, 2.75) is 23.1 Å². The highest BCUT2D eigenvalue weighted by atomic mass is 32.2. The van der Waals surface area contributed by atoms with Gasteiger partial charge in [0.2, 0.25) is 10.9 Å².